The SMILES string of the molecule is CC1=Cc2c(-c3ccccc3)cccc2C1[Si].CCC1=NC2=CC=C(C)C2=C1C. The van der Waals surface area contributed by atoms with Crippen molar-refractivity contribution in [2.45, 2.75) is 39.7 Å². The monoisotopic (exact) mass is 392 g/mol. The van der Waals surface area contributed by atoms with Gasteiger partial charge in [0.15, 0.2) is 0 Å². The highest BCUT2D eigenvalue weighted by Gasteiger charge is 2.22. The third kappa shape index (κ3) is 3.53. The molecule has 1 heterocycles. The summed E-state index contributed by atoms with van der Waals surface area (Å²) in [6.45, 7) is 8.65. The molecule has 0 aromatic heterocycles. The van der Waals surface area contributed by atoms with Crippen molar-refractivity contribution >= 4 is 22.0 Å². The van der Waals surface area contributed by atoms with Gasteiger partial charge >= 0.3 is 0 Å². The van der Waals surface area contributed by atoms with Crippen LogP contribution in [0.5, 0.6) is 0 Å². The molecule has 0 spiro atoms. The van der Waals surface area contributed by atoms with E-state index in [4.69, 9.17) is 0 Å². The van der Waals surface area contributed by atoms with Gasteiger partial charge in [-0.15, -0.1) is 0 Å². The average molecular weight is 393 g/mol. The number of fused-ring (bicyclic) bond motifs is 2. The van der Waals surface area contributed by atoms with Gasteiger partial charge < -0.3 is 0 Å². The van der Waals surface area contributed by atoms with E-state index in [1.807, 2.05) is 0 Å². The molecule has 0 saturated heterocycles. The van der Waals surface area contributed by atoms with E-state index in [2.05, 4.69) is 110 Å². The molecule has 2 heteroatoms. The molecule has 0 N–H and O–H groups in total. The van der Waals surface area contributed by atoms with Crippen molar-refractivity contribution in [3.05, 3.63) is 99.8 Å². The van der Waals surface area contributed by atoms with Gasteiger partial charge in [0.05, 0.1) is 5.70 Å². The van der Waals surface area contributed by atoms with Gasteiger partial charge in [0.2, 0.25) is 0 Å². The third-order valence-electron chi connectivity index (χ3n) is 5.90. The number of allylic oxidation sites excluding steroid dienone is 5. The fraction of sp³-hybridized carbons (Fsp3) is 0.222. The van der Waals surface area contributed by atoms with Gasteiger partial charge in [-0.2, -0.15) is 0 Å². The van der Waals surface area contributed by atoms with Crippen molar-refractivity contribution in [1.29, 1.82) is 0 Å². The van der Waals surface area contributed by atoms with E-state index in [-0.39, 0.29) is 0 Å². The summed E-state index contributed by atoms with van der Waals surface area (Å²) in [5, 5.41) is 0. The van der Waals surface area contributed by atoms with Crippen LogP contribution in [0.1, 0.15) is 50.8 Å². The van der Waals surface area contributed by atoms with Crippen LogP contribution in [0.25, 0.3) is 17.2 Å². The molecule has 1 aliphatic heterocycles. The zero-order valence-electron chi connectivity index (χ0n) is 17.6. The van der Waals surface area contributed by atoms with E-state index in [0.717, 1.165) is 6.42 Å². The Bertz CT molecular complexity index is 1110. The topological polar surface area (TPSA) is 12.4 Å². The first kappa shape index (κ1) is 19.6. The molecule has 3 radical (unpaired) electrons. The molecule has 1 nitrogen and oxygen atoms in total. The molecule has 2 aromatic carbocycles. The fourth-order valence-corrected chi connectivity index (χ4v) is 4.63. The highest BCUT2D eigenvalue weighted by molar-refractivity contribution is 6.16. The Morgan fingerprint density at radius 3 is 2.38 bits per heavy atom. The van der Waals surface area contributed by atoms with Crippen LogP contribution in [-0.2, 0) is 0 Å². The lowest BCUT2D eigenvalue weighted by molar-refractivity contribution is 1.14. The van der Waals surface area contributed by atoms with Crippen molar-refractivity contribution in [3.8, 4) is 11.1 Å². The first-order valence-electron chi connectivity index (χ1n) is 10.3. The lowest BCUT2D eigenvalue weighted by atomic mass is 9.97. The Balaban J connectivity index is 0.000000150. The maximum absolute atomic E-state index is 4.55. The minimum atomic E-state index is 0.369. The predicted octanol–water partition coefficient (Wildman–Crippen LogP) is 6.99. The van der Waals surface area contributed by atoms with Crippen LogP contribution in [0, 0.1) is 0 Å². The molecule has 2 aromatic rings. The van der Waals surface area contributed by atoms with Crippen molar-refractivity contribution in [3.63, 3.8) is 0 Å². The normalized spacial score (nSPS) is 19.0. The Morgan fingerprint density at radius 1 is 0.931 bits per heavy atom. The maximum Gasteiger partial charge on any atom is 0.0711 e. The van der Waals surface area contributed by atoms with Gasteiger partial charge in [0, 0.05) is 21.5 Å². The summed E-state index contributed by atoms with van der Waals surface area (Å²) in [4.78, 5) is 4.55. The first-order chi connectivity index (χ1) is 14.0. The van der Waals surface area contributed by atoms with E-state index >= 15 is 0 Å². The molecule has 1 unspecified atom stereocenters. The number of hydrogen-bond donors (Lipinski definition) is 0. The highest BCUT2D eigenvalue weighted by atomic mass is 28.1. The number of hydrogen-bond acceptors (Lipinski definition) is 1. The Kier molecular flexibility index (Phi) is 5.38. The van der Waals surface area contributed by atoms with E-state index < -0.39 is 0 Å². The van der Waals surface area contributed by atoms with Crippen LogP contribution in [0.4, 0.5) is 0 Å². The number of benzene rings is 2. The van der Waals surface area contributed by atoms with Crippen molar-refractivity contribution in [2.24, 2.45) is 4.99 Å². The molecule has 0 saturated carbocycles. The second-order valence-corrected chi connectivity index (χ2v) is 8.39. The molecule has 2 aliphatic carbocycles. The number of nitrogens with zero attached hydrogens (tertiary/aromatic N) is 1. The average Bonchev–Trinajstić information content (AvgIpc) is 3.37. The standard InChI is InChI=1S/C16H13Si.C11H13N/c1-11-10-15-13(12-6-3-2-4-7-12)8-5-9-14(15)16(11)17;1-4-9-8(3)11-7(2)5-6-10(11)12-9/h2-10,16H,1H3;5-6H,4H2,1-3H3. The number of aliphatic imine (C=N–C) groups is 1. The summed E-state index contributed by atoms with van der Waals surface area (Å²) in [6, 6.07) is 17.1. The quantitative estimate of drug-likeness (QED) is 0.488. The summed E-state index contributed by atoms with van der Waals surface area (Å²) in [7, 11) is 3.79. The Labute approximate surface area is 177 Å². The molecule has 0 bridgehead atoms. The summed E-state index contributed by atoms with van der Waals surface area (Å²) in [5.41, 5.74) is 13.6. The van der Waals surface area contributed by atoms with E-state index in [1.54, 1.807) is 0 Å². The molecule has 0 amide bonds. The summed E-state index contributed by atoms with van der Waals surface area (Å²) in [5.74, 6) is 0. The fourth-order valence-electron chi connectivity index (χ4n) is 4.29. The van der Waals surface area contributed by atoms with E-state index in [0.29, 0.717) is 5.54 Å². The lowest BCUT2D eigenvalue weighted by Gasteiger charge is -2.10. The summed E-state index contributed by atoms with van der Waals surface area (Å²) < 4.78 is 0. The van der Waals surface area contributed by atoms with Gasteiger partial charge in [-0.25, -0.2) is 0 Å². The molecular formula is C27H26NSi. The Hall–Kier alpha value is -2.71. The second-order valence-electron chi connectivity index (χ2n) is 7.81. The molecule has 5 rings (SSSR count). The van der Waals surface area contributed by atoms with Crippen molar-refractivity contribution in [1.82, 2.24) is 0 Å². The largest absolute Gasteiger partial charge is 0.253 e. The first-order valence-corrected chi connectivity index (χ1v) is 10.8. The van der Waals surface area contributed by atoms with Gasteiger partial charge in [0.25, 0.3) is 0 Å². The molecule has 29 heavy (non-hydrogen) atoms. The smallest absolute Gasteiger partial charge is 0.0711 e. The maximum atomic E-state index is 4.55. The Morgan fingerprint density at radius 2 is 1.69 bits per heavy atom. The van der Waals surface area contributed by atoms with Gasteiger partial charge in [0.1, 0.15) is 0 Å². The van der Waals surface area contributed by atoms with Crippen molar-refractivity contribution in [2.75, 3.05) is 0 Å². The van der Waals surface area contributed by atoms with Crippen LogP contribution in [0.15, 0.2) is 93.7 Å². The number of rotatable bonds is 2. The van der Waals surface area contributed by atoms with E-state index in [1.165, 1.54) is 56.0 Å². The molecule has 1 atom stereocenters. The van der Waals surface area contributed by atoms with Crippen LogP contribution in [-0.4, -0.2) is 16.0 Å². The summed E-state index contributed by atoms with van der Waals surface area (Å²) in [6.07, 6.45) is 7.58. The van der Waals surface area contributed by atoms with Crippen LogP contribution >= 0.6 is 0 Å². The van der Waals surface area contributed by atoms with Gasteiger partial charge in [-0.1, -0.05) is 73.2 Å². The predicted molar refractivity (Wildman–Crippen MR) is 126 cm³/mol. The highest BCUT2D eigenvalue weighted by Crippen LogP contribution is 2.39. The van der Waals surface area contributed by atoms with Crippen molar-refractivity contribution < 1.29 is 0 Å². The minimum Gasteiger partial charge on any atom is -0.253 e. The third-order valence-corrected chi connectivity index (χ3v) is 6.67. The molecular weight excluding hydrogens is 366 g/mol. The minimum absolute atomic E-state index is 0.369. The second kappa shape index (κ2) is 7.96. The molecule has 143 valence electrons. The van der Waals surface area contributed by atoms with E-state index in [9.17, 15) is 0 Å². The zero-order chi connectivity index (χ0) is 20.5. The van der Waals surface area contributed by atoms with Crippen LogP contribution in [0.2, 0.25) is 0 Å². The summed E-state index contributed by atoms with van der Waals surface area (Å²) >= 11 is 0. The van der Waals surface area contributed by atoms with Gasteiger partial charge in [-0.3, -0.25) is 4.99 Å². The molecule has 3 aliphatic rings. The van der Waals surface area contributed by atoms with Gasteiger partial charge in [-0.05, 0) is 72.2 Å². The van der Waals surface area contributed by atoms with Crippen LogP contribution < -0.4 is 0 Å². The lowest BCUT2D eigenvalue weighted by Crippen LogP contribution is -1.95. The van der Waals surface area contributed by atoms with Crippen LogP contribution in [0.3, 0.4) is 0 Å². The molecule has 0 fully saturated rings. The zero-order valence-corrected chi connectivity index (χ0v) is 18.6.